The summed E-state index contributed by atoms with van der Waals surface area (Å²) in [6.45, 7) is 9.28. The first-order chi connectivity index (χ1) is 9.74. The molecule has 2 rings (SSSR count). The van der Waals surface area contributed by atoms with Crippen LogP contribution in [0.25, 0.3) is 0 Å². The van der Waals surface area contributed by atoms with Crippen molar-refractivity contribution >= 4 is 11.8 Å². The second kappa shape index (κ2) is 5.83. The SMILES string of the molecule is Cc1nonc1CC(=O)N[C@H]1CC(=O)N(CC(C)(C)C)C1. The van der Waals surface area contributed by atoms with Crippen molar-refractivity contribution in [3.05, 3.63) is 11.4 Å². The number of carbonyl (C=O) groups is 2. The molecule has 1 N–H and O–H groups in total. The lowest BCUT2D eigenvalue weighted by Crippen LogP contribution is -2.39. The molecule has 21 heavy (non-hydrogen) atoms. The van der Waals surface area contributed by atoms with Gasteiger partial charge in [-0.3, -0.25) is 9.59 Å². The van der Waals surface area contributed by atoms with Crippen molar-refractivity contribution < 1.29 is 14.2 Å². The fraction of sp³-hybridized carbons (Fsp3) is 0.714. The zero-order valence-corrected chi connectivity index (χ0v) is 13.0. The summed E-state index contributed by atoms with van der Waals surface area (Å²) in [7, 11) is 0. The van der Waals surface area contributed by atoms with Crippen LogP contribution in [-0.4, -0.2) is 46.2 Å². The highest BCUT2D eigenvalue weighted by Crippen LogP contribution is 2.20. The van der Waals surface area contributed by atoms with Crippen molar-refractivity contribution in [1.29, 1.82) is 0 Å². The molecule has 0 aromatic carbocycles. The third-order valence-corrected chi connectivity index (χ3v) is 3.32. The largest absolute Gasteiger partial charge is 0.351 e. The van der Waals surface area contributed by atoms with Crippen LogP contribution in [0.2, 0.25) is 0 Å². The number of aromatic nitrogens is 2. The van der Waals surface area contributed by atoms with Crippen LogP contribution in [0, 0.1) is 12.3 Å². The van der Waals surface area contributed by atoms with Crippen LogP contribution in [0.15, 0.2) is 4.63 Å². The van der Waals surface area contributed by atoms with Crippen molar-refractivity contribution in [2.75, 3.05) is 13.1 Å². The third-order valence-electron chi connectivity index (χ3n) is 3.32. The van der Waals surface area contributed by atoms with Crippen LogP contribution in [0.3, 0.4) is 0 Å². The van der Waals surface area contributed by atoms with Crippen LogP contribution in [-0.2, 0) is 16.0 Å². The second-order valence-corrected chi connectivity index (χ2v) is 6.78. The number of aryl methyl sites for hydroxylation is 1. The van der Waals surface area contributed by atoms with E-state index in [9.17, 15) is 9.59 Å². The number of carbonyl (C=O) groups excluding carboxylic acids is 2. The van der Waals surface area contributed by atoms with Crippen LogP contribution in [0.4, 0.5) is 0 Å². The Labute approximate surface area is 124 Å². The van der Waals surface area contributed by atoms with Gasteiger partial charge in [-0.25, -0.2) is 4.63 Å². The molecule has 0 unspecified atom stereocenters. The lowest BCUT2D eigenvalue weighted by Gasteiger charge is -2.26. The molecule has 0 saturated carbocycles. The molecular weight excluding hydrogens is 272 g/mol. The topological polar surface area (TPSA) is 88.3 Å². The molecule has 0 radical (unpaired) electrons. The maximum atomic E-state index is 12.0. The molecule has 1 aromatic heterocycles. The summed E-state index contributed by atoms with van der Waals surface area (Å²) in [5, 5.41) is 10.2. The first-order valence-electron chi connectivity index (χ1n) is 7.10. The van der Waals surface area contributed by atoms with Gasteiger partial charge in [-0.1, -0.05) is 31.1 Å². The van der Waals surface area contributed by atoms with Crippen LogP contribution >= 0.6 is 0 Å². The van der Waals surface area contributed by atoms with Gasteiger partial charge in [-0.2, -0.15) is 0 Å². The molecule has 116 valence electrons. The Morgan fingerprint density at radius 3 is 2.71 bits per heavy atom. The molecule has 2 amide bonds. The van der Waals surface area contributed by atoms with E-state index in [-0.39, 0.29) is 29.7 Å². The fourth-order valence-corrected chi connectivity index (χ4v) is 2.43. The van der Waals surface area contributed by atoms with Crippen molar-refractivity contribution in [1.82, 2.24) is 20.5 Å². The van der Waals surface area contributed by atoms with Crippen LogP contribution < -0.4 is 5.32 Å². The molecule has 1 aliphatic heterocycles. The molecule has 2 heterocycles. The minimum absolute atomic E-state index is 0.0536. The van der Waals surface area contributed by atoms with E-state index in [1.807, 2.05) is 4.90 Å². The normalized spacial score (nSPS) is 19.1. The lowest BCUT2D eigenvalue weighted by molar-refractivity contribution is -0.128. The summed E-state index contributed by atoms with van der Waals surface area (Å²) >= 11 is 0. The fourth-order valence-electron chi connectivity index (χ4n) is 2.43. The standard InChI is InChI=1S/C14H22N4O3/c1-9-11(17-21-16-9)6-12(19)15-10-5-13(20)18(7-10)8-14(2,3)4/h10H,5-8H2,1-4H3,(H,15,19)/t10-/m0/s1. The third kappa shape index (κ3) is 4.27. The van der Waals surface area contributed by atoms with Gasteiger partial charge >= 0.3 is 0 Å². The van der Waals surface area contributed by atoms with Crippen LogP contribution in [0.5, 0.6) is 0 Å². The Hall–Kier alpha value is -1.92. The molecule has 7 heteroatoms. The first-order valence-corrected chi connectivity index (χ1v) is 7.10. The van der Waals surface area contributed by atoms with E-state index in [0.717, 1.165) is 0 Å². The smallest absolute Gasteiger partial charge is 0.226 e. The lowest BCUT2D eigenvalue weighted by atomic mass is 9.96. The van der Waals surface area contributed by atoms with Crippen molar-refractivity contribution in [3.63, 3.8) is 0 Å². The predicted octanol–water partition coefficient (Wildman–Crippen LogP) is 0.684. The van der Waals surface area contributed by atoms with Gasteiger partial charge in [-0.05, 0) is 12.3 Å². The number of amides is 2. The molecule has 0 bridgehead atoms. The summed E-state index contributed by atoms with van der Waals surface area (Å²) < 4.78 is 4.56. The Bertz CT molecular complexity index is 533. The second-order valence-electron chi connectivity index (χ2n) is 6.78. The highest BCUT2D eigenvalue weighted by atomic mass is 16.6. The minimum atomic E-state index is -0.163. The molecule has 1 fully saturated rings. The maximum Gasteiger partial charge on any atom is 0.226 e. The molecule has 0 spiro atoms. The van der Waals surface area contributed by atoms with Gasteiger partial charge < -0.3 is 10.2 Å². The number of rotatable bonds is 4. The van der Waals surface area contributed by atoms with Gasteiger partial charge in [0.05, 0.1) is 12.5 Å². The molecule has 7 nitrogen and oxygen atoms in total. The van der Waals surface area contributed by atoms with Crippen molar-refractivity contribution in [2.45, 2.75) is 46.6 Å². The minimum Gasteiger partial charge on any atom is -0.351 e. The van der Waals surface area contributed by atoms with E-state index in [4.69, 9.17) is 0 Å². The van der Waals surface area contributed by atoms with Gasteiger partial charge in [0.15, 0.2) is 0 Å². The van der Waals surface area contributed by atoms with E-state index in [2.05, 4.69) is 41.0 Å². The average Bonchev–Trinajstić information content (AvgIpc) is 2.85. The predicted molar refractivity (Wildman–Crippen MR) is 75.3 cm³/mol. The molecular formula is C14H22N4O3. The maximum absolute atomic E-state index is 12.0. The number of nitrogens with one attached hydrogen (secondary N) is 1. The Balaban J connectivity index is 1.86. The van der Waals surface area contributed by atoms with Gasteiger partial charge in [0.2, 0.25) is 11.8 Å². The molecule has 1 aliphatic rings. The number of hydrogen-bond donors (Lipinski definition) is 1. The Kier molecular flexibility index (Phi) is 4.29. The zero-order chi connectivity index (χ0) is 15.6. The van der Waals surface area contributed by atoms with Gasteiger partial charge in [0.1, 0.15) is 11.4 Å². The summed E-state index contributed by atoms with van der Waals surface area (Å²) in [4.78, 5) is 25.7. The van der Waals surface area contributed by atoms with Gasteiger partial charge in [0, 0.05) is 19.5 Å². The Morgan fingerprint density at radius 2 is 2.14 bits per heavy atom. The van der Waals surface area contributed by atoms with E-state index < -0.39 is 0 Å². The van der Waals surface area contributed by atoms with Gasteiger partial charge in [0.25, 0.3) is 0 Å². The molecule has 1 aromatic rings. The van der Waals surface area contributed by atoms with E-state index in [1.165, 1.54) is 0 Å². The number of nitrogens with zero attached hydrogens (tertiary/aromatic N) is 3. The first kappa shape index (κ1) is 15.5. The monoisotopic (exact) mass is 294 g/mol. The van der Waals surface area contributed by atoms with Crippen LogP contribution in [0.1, 0.15) is 38.6 Å². The van der Waals surface area contributed by atoms with E-state index in [0.29, 0.717) is 30.9 Å². The number of hydrogen-bond acceptors (Lipinski definition) is 5. The van der Waals surface area contributed by atoms with Crippen molar-refractivity contribution in [3.8, 4) is 0 Å². The Morgan fingerprint density at radius 1 is 1.43 bits per heavy atom. The average molecular weight is 294 g/mol. The van der Waals surface area contributed by atoms with E-state index >= 15 is 0 Å². The summed E-state index contributed by atoms with van der Waals surface area (Å²) in [6, 6.07) is -0.132. The summed E-state index contributed by atoms with van der Waals surface area (Å²) in [5.41, 5.74) is 1.20. The molecule has 1 saturated heterocycles. The summed E-state index contributed by atoms with van der Waals surface area (Å²) in [6.07, 6.45) is 0.483. The molecule has 1 atom stereocenters. The number of likely N-dealkylation sites (tertiary alicyclic amines) is 1. The quantitative estimate of drug-likeness (QED) is 0.882. The highest BCUT2D eigenvalue weighted by Gasteiger charge is 2.32. The van der Waals surface area contributed by atoms with Gasteiger partial charge in [-0.15, -0.1) is 0 Å². The van der Waals surface area contributed by atoms with Crippen molar-refractivity contribution in [2.24, 2.45) is 5.41 Å². The zero-order valence-electron chi connectivity index (χ0n) is 13.0. The molecule has 0 aliphatic carbocycles. The summed E-state index contributed by atoms with van der Waals surface area (Å²) in [5.74, 6) is -0.0706. The van der Waals surface area contributed by atoms with E-state index in [1.54, 1.807) is 6.92 Å². The highest BCUT2D eigenvalue weighted by molar-refractivity contribution is 5.83.